The van der Waals surface area contributed by atoms with E-state index >= 15 is 0 Å². The number of carbonyl (C=O) groups excluding carboxylic acids is 2. The molecule has 1 unspecified atom stereocenters. The molecule has 0 saturated heterocycles. The fourth-order valence-electron chi connectivity index (χ4n) is 4.89. The topological polar surface area (TPSA) is 48.3 Å². The highest BCUT2D eigenvalue weighted by atomic mass is 35.5. The van der Waals surface area contributed by atoms with Gasteiger partial charge in [0.1, 0.15) is 11.9 Å². The molecule has 2 aromatic carbocycles. The maximum Gasteiger partial charge on any atom is 0.169 e. The Bertz CT molecular complexity index is 1560. The van der Waals surface area contributed by atoms with Crippen molar-refractivity contribution in [3.05, 3.63) is 98.1 Å². The molecule has 0 radical (unpaired) electrons. The highest BCUT2D eigenvalue weighted by Crippen LogP contribution is 2.41. The third kappa shape index (κ3) is 5.51. The van der Waals surface area contributed by atoms with Crippen molar-refractivity contribution in [2.24, 2.45) is 0 Å². The summed E-state index contributed by atoms with van der Waals surface area (Å²) in [4.78, 5) is 26.1. The van der Waals surface area contributed by atoms with Gasteiger partial charge in [-0.2, -0.15) is 0 Å². The van der Waals surface area contributed by atoms with Crippen LogP contribution in [0.1, 0.15) is 52.0 Å². The second-order valence-corrected chi connectivity index (χ2v) is 11.5. The van der Waals surface area contributed by atoms with Crippen molar-refractivity contribution in [2.45, 2.75) is 46.1 Å². The molecule has 0 amide bonds. The molecule has 4 nitrogen and oxygen atoms in total. The van der Waals surface area contributed by atoms with Gasteiger partial charge in [0, 0.05) is 45.4 Å². The largest absolute Gasteiger partial charge is 0.488 e. The first-order valence-corrected chi connectivity index (χ1v) is 14.0. The van der Waals surface area contributed by atoms with Gasteiger partial charge in [-0.05, 0) is 105 Å². The molecule has 0 aliphatic carbocycles. The van der Waals surface area contributed by atoms with E-state index in [1.807, 2.05) is 62.4 Å². The first-order chi connectivity index (χ1) is 18.2. The average molecular weight is 565 g/mol. The van der Waals surface area contributed by atoms with E-state index in [1.165, 1.54) is 11.3 Å². The number of benzene rings is 2. The minimum Gasteiger partial charge on any atom is -0.488 e. The van der Waals surface area contributed by atoms with E-state index in [9.17, 15) is 9.59 Å². The predicted octanol–water partition coefficient (Wildman–Crippen LogP) is 8.70. The first-order valence-electron chi connectivity index (χ1n) is 12.5. The lowest BCUT2D eigenvalue weighted by Crippen LogP contribution is -2.14. The number of ether oxygens (including phenoxy) is 1. The number of ketones is 2. The monoisotopic (exact) mass is 563 g/mol. The number of nitrogens with zero attached hydrogens (tertiary/aromatic N) is 1. The molecule has 1 aliphatic rings. The van der Waals surface area contributed by atoms with Gasteiger partial charge >= 0.3 is 0 Å². The number of Topliss-reactive ketones (excluding diaryl/α,β-unsaturated/α-hetero) is 1. The first kappa shape index (κ1) is 26.5. The summed E-state index contributed by atoms with van der Waals surface area (Å²) < 4.78 is 8.26. The highest BCUT2D eigenvalue weighted by molar-refractivity contribution is 7.17. The summed E-state index contributed by atoms with van der Waals surface area (Å²) in [5.41, 5.74) is 6.21. The molecular formula is C31H27Cl2NO3S. The zero-order chi connectivity index (χ0) is 27.0. The molecule has 0 spiro atoms. The van der Waals surface area contributed by atoms with Gasteiger partial charge in [-0.3, -0.25) is 9.59 Å². The summed E-state index contributed by atoms with van der Waals surface area (Å²) in [6, 6.07) is 17.6. The summed E-state index contributed by atoms with van der Waals surface area (Å²) >= 11 is 14.0. The second kappa shape index (κ2) is 10.9. The quantitative estimate of drug-likeness (QED) is 0.159. The van der Waals surface area contributed by atoms with Crippen LogP contribution in [0, 0.1) is 13.8 Å². The molecular weight excluding hydrogens is 537 g/mol. The van der Waals surface area contributed by atoms with Crippen molar-refractivity contribution in [1.82, 2.24) is 4.57 Å². The molecule has 0 saturated carbocycles. The standard InChI is InChI=1S/C31H27Cl2NO3S/c1-18-14-21(19(2)34(18)25-7-5-24(32)6-8-25)4-9-26(36)10-11-27-16-23-15-22(17-28(33)31(23)37-27)30-13-12-29(38-30)20(3)35/h4-9,12-15,17,27H,10-11,16H2,1-3H3/b9-4+. The minimum atomic E-state index is -0.0961. The number of allylic oxidation sites excluding steroid dienone is 1. The van der Waals surface area contributed by atoms with Gasteiger partial charge < -0.3 is 9.30 Å². The number of fused-ring (bicyclic) bond motifs is 1. The van der Waals surface area contributed by atoms with Crippen LogP contribution in [0.15, 0.2) is 60.7 Å². The number of carbonyl (C=O) groups is 2. The summed E-state index contributed by atoms with van der Waals surface area (Å²) in [6.45, 7) is 5.66. The summed E-state index contributed by atoms with van der Waals surface area (Å²) in [5, 5.41) is 1.25. The van der Waals surface area contributed by atoms with Gasteiger partial charge in [-0.1, -0.05) is 23.2 Å². The van der Waals surface area contributed by atoms with Crippen molar-refractivity contribution in [2.75, 3.05) is 0 Å². The lowest BCUT2D eigenvalue weighted by atomic mass is 10.0. The van der Waals surface area contributed by atoms with E-state index in [-0.39, 0.29) is 17.7 Å². The predicted molar refractivity (Wildman–Crippen MR) is 156 cm³/mol. The molecule has 2 aromatic heterocycles. The number of aromatic nitrogens is 1. The van der Waals surface area contributed by atoms with Crippen molar-refractivity contribution >= 4 is 52.2 Å². The smallest absolute Gasteiger partial charge is 0.169 e. The summed E-state index contributed by atoms with van der Waals surface area (Å²) in [5.74, 6) is 0.810. The molecule has 0 bridgehead atoms. The van der Waals surface area contributed by atoms with E-state index in [0.717, 1.165) is 43.5 Å². The molecule has 194 valence electrons. The SMILES string of the molecule is CC(=O)c1ccc(-c2cc(Cl)c3c(c2)CC(CCC(=O)/C=C/c2cc(C)n(-c4ccc(Cl)cc4)c2C)O3)s1. The Kier molecular flexibility index (Phi) is 7.62. The fraction of sp³-hybridized carbons (Fsp3) is 0.226. The third-order valence-electron chi connectivity index (χ3n) is 6.81. The van der Waals surface area contributed by atoms with Crippen LogP contribution in [0.25, 0.3) is 22.2 Å². The molecule has 4 aromatic rings. The maximum atomic E-state index is 12.7. The maximum absolute atomic E-state index is 12.7. The molecule has 3 heterocycles. The van der Waals surface area contributed by atoms with Gasteiger partial charge in [-0.15, -0.1) is 11.3 Å². The van der Waals surface area contributed by atoms with Crippen LogP contribution in [0.2, 0.25) is 10.0 Å². The van der Waals surface area contributed by atoms with Crippen LogP contribution in [-0.2, 0) is 11.2 Å². The van der Waals surface area contributed by atoms with Crippen molar-refractivity contribution in [3.63, 3.8) is 0 Å². The lowest BCUT2D eigenvalue weighted by molar-refractivity contribution is -0.115. The molecule has 5 rings (SSSR count). The second-order valence-electron chi connectivity index (χ2n) is 9.59. The highest BCUT2D eigenvalue weighted by Gasteiger charge is 2.26. The van der Waals surface area contributed by atoms with Crippen LogP contribution in [0.4, 0.5) is 0 Å². The lowest BCUT2D eigenvalue weighted by Gasteiger charge is -2.10. The Labute approximate surface area is 236 Å². The normalized spacial score (nSPS) is 14.6. The molecule has 38 heavy (non-hydrogen) atoms. The number of thiophene rings is 1. The fourth-order valence-corrected chi connectivity index (χ4v) is 6.18. The minimum absolute atomic E-state index is 0.0556. The van der Waals surface area contributed by atoms with Crippen LogP contribution in [-0.4, -0.2) is 22.2 Å². The van der Waals surface area contributed by atoms with Crippen LogP contribution < -0.4 is 4.74 Å². The Hall–Kier alpha value is -3.12. The zero-order valence-corrected chi connectivity index (χ0v) is 23.7. The molecule has 1 atom stereocenters. The zero-order valence-electron chi connectivity index (χ0n) is 21.4. The van der Waals surface area contributed by atoms with E-state index < -0.39 is 0 Å². The molecule has 0 N–H and O–H groups in total. The van der Waals surface area contributed by atoms with Crippen LogP contribution >= 0.6 is 34.5 Å². The Balaban J connectivity index is 1.21. The van der Waals surface area contributed by atoms with Gasteiger partial charge in [-0.25, -0.2) is 0 Å². The number of hydrogen-bond acceptors (Lipinski definition) is 4. The van der Waals surface area contributed by atoms with E-state index in [0.29, 0.717) is 35.1 Å². The van der Waals surface area contributed by atoms with Crippen molar-refractivity contribution in [3.8, 4) is 21.9 Å². The van der Waals surface area contributed by atoms with Crippen LogP contribution in [0.3, 0.4) is 0 Å². The summed E-state index contributed by atoms with van der Waals surface area (Å²) in [7, 11) is 0. The Morgan fingerprint density at radius 2 is 1.84 bits per heavy atom. The van der Waals surface area contributed by atoms with E-state index in [2.05, 4.69) is 16.7 Å². The summed E-state index contributed by atoms with van der Waals surface area (Å²) in [6.07, 6.45) is 5.16. The Morgan fingerprint density at radius 3 is 2.55 bits per heavy atom. The third-order valence-corrected chi connectivity index (χ3v) is 8.57. The van der Waals surface area contributed by atoms with Crippen molar-refractivity contribution < 1.29 is 14.3 Å². The molecule has 7 heteroatoms. The Morgan fingerprint density at radius 1 is 1.08 bits per heavy atom. The molecule has 1 aliphatic heterocycles. The number of halogens is 2. The van der Waals surface area contributed by atoms with E-state index in [1.54, 1.807) is 13.0 Å². The van der Waals surface area contributed by atoms with Gasteiger partial charge in [0.25, 0.3) is 0 Å². The van der Waals surface area contributed by atoms with Crippen molar-refractivity contribution in [1.29, 1.82) is 0 Å². The number of rotatable bonds is 8. The number of hydrogen-bond donors (Lipinski definition) is 0. The van der Waals surface area contributed by atoms with Crippen LogP contribution in [0.5, 0.6) is 5.75 Å². The average Bonchev–Trinajstić information content (AvgIpc) is 3.60. The van der Waals surface area contributed by atoms with Gasteiger partial charge in [0.15, 0.2) is 11.6 Å². The van der Waals surface area contributed by atoms with E-state index in [4.69, 9.17) is 27.9 Å². The van der Waals surface area contributed by atoms with Gasteiger partial charge in [0.05, 0.1) is 9.90 Å². The molecule has 0 fully saturated rings. The van der Waals surface area contributed by atoms with Gasteiger partial charge in [0.2, 0.25) is 0 Å². The number of aryl methyl sites for hydroxylation is 1.